The van der Waals surface area contributed by atoms with E-state index < -0.39 is 36.4 Å². The molecule has 17 heteroatoms. The van der Waals surface area contributed by atoms with Crippen LogP contribution in [0.2, 0.25) is 0 Å². The van der Waals surface area contributed by atoms with Crippen molar-refractivity contribution in [1.29, 1.82) is 0 Å². The molecular formula is C19H17N9O8. The van der Waals surface area contributed by atoms with E-state index in [0.29, 0.717) is 22.5 Å². The predicted octanol–water partition coefficient (Wildman–Crippen LogP) is 0.478. The SMILES string of the molecule is Nc1ncc2nc(CNc3ccc(C(=O)N[C@@H](CC(ON=O)C(=O)ON=O)C(=O)O)cc3)cnc2n1. The van der Waals surface area contributed by atoms with Gasteiger partial charge in [0, 0.05) is 17.7 Å². The third-order valence-corrected chi connectivity index (χ3v) is 4.60. The van der Waals surface area contributed by atoms with Crippen LogP contribution < -0.4 is 16.4 Å². The number of hydrogen-bond donors (Lipinski definition) is 4. The van der Waals surface area contributed by atoms with Crippen molar-refractivity contribution in [3.8, 4) is 0 Å². The Hall–Kier alpha value is -5.35. The van der Waals surface area contributed by atoms with E-state index in [0.717, 1.165) is 0 Å². The first-order valence-electron chi connectivity index (χ1n) is 9.94. The van der Waals surface area contributed by atoms with Crippen LogP contribution in [-0.4, -0.2) is 55.0 Å². The van der Waals surface area contributed by atoms with E-state index in [2.05, 4.69) is 40.2 Å². The molecular weight excluding hydrogens is 482 g/mol. The number of aliphatic carboxylic acids is 1. The van der Waals surface area contributed by atoms with E-state index in [9.17, 15) is 29.3 Å². The summed E-state index contributed by atoms with van der Waals surface area (Å²) in [6.45, 7) is 0.290. The highest BCUT2D eigenvalue weighted by Gasteiger charge is 2.32. The van der Waals surface area contributed by atoms with Gasteiger partial charge in [-0.25, -0.2) is 24.5 Å². The maximum absolute atomic E-state index is 12.5. The molecule has 1 aromatic carbocycles. The summed E-state index contributed by atoms with van der Waals surface area (Å²) in [5, 5.41) is 18.5. The summed E-state index contributed by atoms with van der Waals surface area (Å²) in [6.07, 6.45) is 0.340. The molecule has 0 aliphatic rings. The highest BCUT2D eigenvalue weighted by molar-refractivity contribution is 5.97. The van der Waals surface area contributed by atoms with Crippen molar-refractivity contribution in [2.75, 3.05) is 11.1 Å². The van der Waals surface area contributed by atoms with Gasteiger partial charge in [0.05, 0.1) is 24.6 Å². The monoisotopic (exact) mass is 499 g/mol. The molecule has 0 radical (unpaired) electrons. The maximum atomic E-state index is 12.5. The van der Waals surface area contributed by atoms with Crippen molar-refractivity contribution in [3.05, 3.63) is 57.7 Å². The van der Waals surface area contributed by atoms with Crippen LogP contribution in [0.4, 0.5) is 11.6 Å². The number of rotatable bonds is 12. The Bertz CT molecular complexity index is 1290. The number of nitrogens with zero attached hydrogens (tertiary/aromatic N) is 6. The van der Waals surface area contributed by atoms with Gasteiger partial charge in [0.1, 0.15) is 11.6 Å². The Labute approximate surface area is 200 Å². The topological polar surface area (TPSA) is 250 Å². The van der Waals surface area contributed by atoms with Gasteiger partial charge in [-0.3, -0.25) is 9.63 Å². The van der Waals surface area contributed by atoms with Crippen LogP contribution in [0.3, 0.4) is 0 Å². The molecule has 0 saturated carbocycles. The van der Waals surface area contributed by atoms with Gasteiger partial charge < -0.3 is 26.3 Å². The van der Waals surface area contributed by atoms with Gasteiger partial charge in [-0.1, -0.05) is 0 Å². The molecule has 2 atom stereocenters. The average molecular weight is 499 g/mol. The minimum atomic E-state index is -1.88. The largest absolute Gasteiger partial charge is 0.480 e. The number of carbonyl (C=O) groups excluding carboxylic acids is 2. The Balaban J connectivity index is 1.61. The molecule has 2 aromatic heterocycles. The molecule has 0 bridgehead atoms. The van der Waals surface area contributed by atoms with Gasteiger partial charge in [0.2, 0.25) is 12.1 Å². The van der Waals surface area contributed by atoms with E-state index in [-0.39, 0.29) is 18.1 Å². The lowest BCUT2D eigenvalue weighted by Gasteiger charge is -2.17. The van der Waals surface area contributed by atoms with Crippen molar-refractivity contribution < 1.29 is 29.2 Å². The number of nitrogens with one attached hydrogen (secondary N) is 2. The second-order valence-electron chi connectivity index (χ2n) is 6.98. The van der Waals surface area contributed by atoms with Crippen LogP contribution in [0.15, 0.2) is 47.3 Å². The normalized spacial score (nSPS) is 12.1. The molecule has 0 fully saturated rings. The number of carboxylic acid groups (broad SMARTS) is 1. The zero-order valence-corrected chi connectivity index (χ0v) is 18.1. The minimum absolute atomic E-state index is 0.0882. The van der Waals surface area contributed by atoms with Gasteiger partial charge in [0.15, 0.2) is 16.3 Å². The summed E-state index contributed by atoms with van der Waals surface area (Å²) in [6, 6.07) is 4.29. The number of carboxylic acids is 1. The molecule has 0 saturated heterocycles. The highest BCUT2D eigenvalue weighted by atomic mass is 16.8. The Morgan fingerprint density at radius 2 is 1.81 bits per heavy atom. The number of benzene rings is 1. The highest BCUT2D eigenvalue weighted by Crippen LogP contribution is 2.14. The number of fused-ring (bicyclic) bond motifs is 1. The first kappa shape index (κ1) is 25.3. The first-order chi connectivity index (χ1) is 17.3. The minimum Gasteiger partial charge on any atom is -0.480 e. The number of nitrogens with two attached hydrogens (primary N) is 1. The summed E-state index contributed by atoms with van der Waals surface area (Å²) in [7, 11) is 0. The third kappa shape index (κ3) is 6.59. The van der Waals surface area contributed by atoms with Crippen molar-refractivity contribution in [3.63, 3.8) is 0 Å². The van der Waals surface area contributed by atoms with Crippen molar-refractivity contribution in [2.24, 2.45) is 10.7 Å². The van der Waals surface area contributed by atoms with Crippen LogP contribution in [-0.2, 0) is 25.8 Å². The lowest BCUT2D eigenvalue weighted by Crippen LogP contribution is -2.44. The van der Waals surface area contributed by atoms with E-state index in [4.69, 9.17) is 5.73 Å². The molecule has 1 unspecified atom stereocenters. The Kier molecular flexibility index (Phi) is 8.20. The summed E-state index contributed by atoms with van der Waals surface area (Å²) in [4.78, 5) is 80.3. The standard InChI is InChI=1S/C19H17N9O8/c20-19-23-8-13-15(26-19)22-7-11(24-13)6-21-10-3-1-9(2-4-10)16(29)25-12(17(30)31)5-14(35-27-33)18(32)36-28-34/h1-4,7-8,12,14,21H,5-6H2,(H,25,29)(H,30,31)(H2,20,22,23,26)/t12-,14?/m0/s1. The van der Waals surface area contributed by atoms with Crippen LogP contribution in [0, 0.1) is 9.81 Å². The fraction of sp³-hybridized carbons (Fsp3) is 0.211. The van der Waals surface area contributed by atoms with Crippen LogP contribution in [0.25, 0.3) is 11.2 Å². The third-order valence-electron chi connectivity index (χ3n) is 4.60. The lowest BCUT2D eigenvalue weighted by atomic mass is 10.1. The lowest BCUT2D eigenvalue weighted by molar-refractivity contribution is -0.159. The predicted molar refractivity (Wildman–Crippen MR) is 119 cm³/mol. The summed E-state index contributed by atoms with van der Waals surface area (Å²) in [5.41, 5.74) is 7.64. The van der Waals surface area contributed by atoms with Crippen molar-refractivity contribution >= 4 is 40.6 Å². The van der Waals surface area contributed by atoms with Crippen molar-refractivity contribution in [2.45, 2.75) is 25.1 Å². The van der Waals surface area contributed by atoms with Gasteiger partial charge in [-0.15, -0.1) is 9.81 Å². The molecule has 186 valence electrons. The molecule has 3 aromatic rings. The second-order valence-corrected chi connectivity index (χ2v) is 6.98. The van der Waals surface area contributed by atoms with Gasteiger partial charge >= 0.3 is 11.9 Å². The molecule has 0 aliphatic heterocycles. The van der Waals surface area contributed by atoms with E-state index >= 15 is 0 Å². The quantitative estimate of drug-likeness (QED) is 0.195. The van der Waals surface area contributed by atoms with Crippen molar-refractivity contribution in [1.82, 2.24) is 25.3 Å². The van der Waals surface area contributed by atoms with Crippen LogP contribution in [0.5, 0.6) is 0 Å². The van der Waals surface area contributed by atoms with E-state index in [1.807, 2.05) is 10.7 Å². The Morgan fingerprint density at radius 3 is 2.47 bits per heavy atom. The summed E-state index contributed by atoms with van der Waals surface area (Å²) < 4.78 is 0. The fourth-order valence-corrected chi connectivity index (χ4v) is 2.90. The molecule has 2 heterocycles. The summed E-state index contributed by atoms with van der Waals surface area (Å²) >= 11 is 0. The van der Waals surface area contributed by atoms with Gasteiger partial charge in [0.25, 0.3) is 5.91 Å². The average Bonchev–Trinajstić information content (AvgIpc) is 2.86. The number of carbonyl (C=O) groups is 3. The molecule has 17 nitrogen and oxygen atoms in total. The van der Waals surface area contributed by atoms with Gasteiger partial charge in [-0.05, 0) is 24.3 Å². The second kappa shape index (κ2) is 11.7. The Morgan fingerprint density at radius 1 is 1.06 bits per heavy atom. The molecule has 3 rings (SSSR count). The van der Waals surface area contributed by atoms with Crippen LogP contribution >= 0.6 is 0 Å². The number of aromatic nitrogens is 4. The molecule has 5 N–H and O–H groups in total. The number of hydrogen-bond acceptors (Lipinski definition) is 15. The molecule has 1 amide bonds. The number of nitrogen functional groups attached to an aromatic ring is 1. The van der Waals surface area contributed by atoms with Gasteiger partial charge in [-0.2, -0.15) is 4.98 Å². The number of amides is 1. The zero-order valence-electron chi connectivity index (χ0n) is 18.1. The number of anilines is 2. The molecule has 36 heavy (non-hydrogen) atoms. The summed E-state index contributed by atoms with van der Waals surface area (Å²) in [5.74, 6) is -3.70. The first-order valence-corrected chi connectivity index (χ1v) is 9.94. The fourth-order valence-electron chi connectivity index (χ4n) is 2.90. The van der Waals surface area contributed by atoms with E-state index in [1.165, 1.54) is 24.5 Å². The molecule has 0 spiro atoms. The zero-order chi connectivity index (χ0) is 26.1. The van der Waals surface area contributed by atoms with E-state index in [1.54, 1.807) is 12.1 Å². The smallest absolute Gasteiger partial charge is 0.381 e. The molecule has 0 aliphatic carbocycles. The van der Waals surface area contributed by atoms with Crippen LogP contribution in [0.1, 0.15) is 22.5 Å². The maximum Gasteiger partial charge on any atom is 0.381 e.